The van der Waals surface area contributed by atoms with Crippen LogP contribution in [0.15, 0.2) is 18.2 Å². The molecule has 3 nitrogen and oxygen atoms in total. The highest BCUT2D eigenvalue weighted by Gasteiger charge is 2.21. The standard InChI is InChI=1S/C26H44O3/c1-6-7-8-9-10-11-12-13-14-15-16-17-20-29-24-19-18-22(25(27)28-5)21-23(24)26(2,3)4/h18-19,21H,6-17,20H2,1-5H3. The number of benzene rings is 1. The molecule has 3 heteroatoms. The minimum Gasteiger partial charge on any atom is -0.493 e. The lowest BCUT2D eigenvalue weighted by atomic mass is 9.85. The van der Waals surface area contributed by atoms with Crippen molar-refractivity contribution in [2.75, 3.05) is 13.7 Å². The molecule has 0 aromatic heterocycles. The topological polar surface area (TPSA) is 35.5 Å². The molecule has 0 atom stereocenters. The average molecular weight is 405 g/mol. The summed E-state index contributed by atoms with van der Waals surface area (Å²) < 4.78 is 10.9. The molecule has 166 valence electrons. The van der Waals surface area contributed by atoms with E-state index in [0.29, 0.717) is 5.56 Å². The fourth-order valence-electron chi connectivity index (χ4n) is 3.61. The monoisotopic (exact) mass is 404 g/mol. The van der Waals surface area contributed by atoms with Crippen LogP contribution in [0.4, 0.5) is 0 Å². The van der Waals surface area contributed by atoms with Gasteiger partial charge in [-0.3, -0.25) is 0 Å². The molecule has 1 aromatic carbocycles. The van der Waals surface area contributed by atoms with E-state index in [2.05, 4.69) is 27.7 Å². The van der Waals surface area contributed by atoms with Gasteiger partial charge in [0.05, 0.1) is 19.3 Å². The summed E-state index contributed by atoms with van der Waals surface area (Å²) >= 11 is 0. The van der Waals surface area contributed by atoms with Gasteiger partial charge < -0.3 is 9.47 Å². The second-order valence-electron chi connectivity index (χ2n) is 9.19. The summed E-state index contributed by atoms with van der Waals surface area (Å²) in [6.45, 7) is 9.42. The molecule has 1 rings (SSSR count). The minimum atomic E-state index is -0.303. The smallest absolute Gasteiger partial charge is 0.337 e. The molecule has 0 N–H and O–H groups in total. The van der Waals surface area contributed by atoms with Gasteiger partial charge in [0.2, 0.25) is 0 Å². The zero-order chi connectivity index (χ0) is 21.5. The fraction of sp³-hybridized carbons (Fsp3) is 0.731. The maximum Gasteiger partial charge on any atom is 0.337 e. The first-order valence-electron chi connectivity index (χ1n) is 11.8. The lowest BCUT2D eigenvalue weighted by molar-refractivity contribution is 0.0600. The third-order valence-corrected chi connectivity index (χ3v) is 5.46. The number of carbonyl (C=O) groups excluding carboxylic acids is 1. The largest absolute Gasteiger partial charge is 0.493 e. The van der Waals surface area contributed by atoms with Gasteiger partial charge >= 0.3 is 5.97 Å². The Morgan fingerprint density at radius 2 is 1.34 bits per heavy atom. The zero-order valence-corrected chi connectivity index (χ0v) is 19.6. The van der Waals surface area contributed by atoms with Crippen molar-refractivity contribution in [2.45, 2.75) is 110 Å². The van der Waals surface area contributed by atoms with Crippen LogP contribution in [0.3, 0.4) is 0 Å². The Bertz CT molecular complexity index is 572. The lowest BCUT2D eigenvalue weighted by Gasteiger charge is -2.23. The maximum atomic E-state index is 11.8. The zero-order valence-electron chi connectivity index (χ0n) is 19.6. The van der Waals surface area contributed by atoms with Crippen molar-refractivity contribution in [1.82, 2.24) is 0 Å². The van der Waals surface area contributed by atoms with Gasteiger partial charge in [0.1, 0.15) is 5.75 Å². The molecule has 0 aliphatic heterocycles. The van der Waals surface area contributed by atoms with Crippen LogP contribution < -0.4 is 4.74 Å². The molecule has 0 heterocycles. The predicted molar refractivity (Wildman–Crippen MR) is 123 cm³/mol. The van der Waals surface area contributed by atoms with Crippen molar-refractivity contribution in [3.8, 4) is 5.75 Å². The summed E-state index contributed by atoms with van der Waals surface area (Å²) in [7, 11) is 1.41. The Kier molecular flexibility index (Phi) is 12.7. The highest BCUT2D eigenvalue weighted by Crippen LogP contribution is 2.32. The van der Waals surface area contributed by atoms with Gasteiger partial charge in [0.15, 0.2) is 0 Å². The lowest BCUT2D eigenvalue weighted by Crippen LogP contribution is -2.15. The quantitative estimate of drug-likeness (QED) is 0.220. The van der Waals surface area contributed by atoms with Crippen LogP contribution in [-0.4, -0.2) is 19.7 Å². The molecule has 0 bridgehead atoms. The Morgan fingerprint density at radius 1 is 0.828 bits per heavy atom. The summed E-state index contributed by atoms with van der Waals surface area (Å²) in [5, 5.41) is 0. The molecule has 0 saturated carbocycles. The van der Waals surface area contributed by atoms with Gasteiger partial charge in [0, 0.05) is 5.56 Å². The second kappa shape index (κ2) is 14.5. The molecule has 0 radical (unpaired) electrons. The van der Waals surface area contributed by atoms with Crippen molar-refractivity contribution in [2.24, 2.45) is 0 Å². The first-order chi connectivity index (χ1) is 13.9. The van der Waals surface area contributed by atoms with Gasteiger partial charge in [-0.2, -0.15) is 0 Å². The number of unbranched alkanes of at least 4 members (excludes halogenated alkanes) is 11. The van der Waals surface area contributed by atoms with Crippen LogP contribution in [-0.2, 0) is 10.2 Å². The molecule has 29 heavy (non-hydrogen) atoms. The van der Waals surface area contributed by atoms with Crippen LogP contribution in [0, 0.1) is 0 Å². The van der Waals surface area contributed by atoms with Crippen molar-refractivity contribution in [1.29, 1.82) is 0 Å². The maximum absolute atomic E-state index is 11.8. The van der Waals surface area contributed by atoms with E-state index in [1.54, 1.807) is 6.07 Å². The second-order valence-corrected chi connectivity index (χ2v) is 9.19. The Balaban J connectivity index is 2.23. The van der Waals surface area contributed by atoms with E-state index in [0.717, 1.165) is 24.3 Å². The van der Waals surface area contributed by atoms with E-state index >= 15 is 0 Å². The number of ether oxygens (including phenoxy) is 2. The third kappa shape index (κ3) is 10.7. The van der Waals surface area contributed by atoms with Gasteiger partial charge in [-0.15, -0.1) is 0 Å². The summed E-state index contributed by atoms with van der Waals surface area (Å²) in [5.74, 6) is 0.580. The van der Waals surface area contributed by atoms with Gasteiger partial charge in [-0.05, 0) is 30.0 Å². The van der Waals surface area contributed by atoms with E-state index in [1.165, 1.54) is 77.7 Å². The number of esters is 1. The van der Waals surface area contributed by atoms with E-state index in [9.17, 15) is 4.79 Å². The van der Waals surface area contributed by atoms with Crippen molar-refractivity contribution < 1.29 is 14.3 Å². The Morgan fingerprint density at radius 3 is 1.83 bits per heavy atom. The van der Waals surface area contributed by atoms with Crippen LogP contribution >= 0.6 is 0 Å². The van der Waals surface area contributed by atoms with Crippen LogP contribution in [0.25, 0.3) is 0 Å². The fourth-order valence-corrected chi connectivity index (χ4v) is 3.61. The molecular formula is C26H44O3. The highest BCUT2D eigenvalue weighted by atomic mass is 16.5. The van der Waals surface area contributed by atoms with Crippen molar-refractivity contribution in [3.63, 3.8) is 0 Å². The molecule has 0 fully saturated rings. The van der Waals surface area contributed by atoms with Crippen LogP contribution in [0.2, 0.25) is 0 Å². The Labute approximate surface area is 179 Å². The number of hydrogen-bond acceptors (Lipinski definition) is 3. The molecule has 0 aliphatic carbocycles. The molecule has 1 aromatic rings. The van der Waals surface area contributed by atoms with Crippen LogP contribution in [0.1, 0.15) is 121 Å². The normalized spacial score (nSPS) is 11.5. The molecule has 0 unspecified atom stereocenters. The number of carbonyl (C=O) groups is 1. The number of hydrogen-bond donors (Lipinski definition) is 0. The van der Waals surface area contributed by atoms with E-state index in [-0.39, 0.29) is 11.4 Å². The SMILES string of the molecule is CCCCCCCCCCCCCCOc1ccc(C(=O)OC)cc1C(C)(C)C. The third-order valence-electron chi connectivity index (χ3n) is 5.46. The highest BCUT2D eigenvalue weighted by molar-refractivity contribution is 5.89. The number of methoxy groups -OCH3 is 1. The van der Waals surface area contributed by atoms with Gasteiger partial charge in [-0.25, -0.2) is 4.79 Å². The summed E-state index contributed by atoms with van der Waals surface area (Å²) in [4.78, 5) is 11.8. The average Bonchev–Trinajstić information content (AvgIpc) is 2.70. The summed E-state index contributed by atoms with van der Waals surface area (Å²) in [6, 6.07) is 5.61. The van der Waals surface area contributed by atoms with E-state index < -0.39 is 0 Å². The predicted octanol–water partition coefficient (Wildman–Crippen LogP) is 7.85. The van der Waals surface area contributed by atoms with Crippen molar-refractivity contribution >= 4 is 5.97 Å². The van der Waals surface area contributed by atoms with E-state index in [1.807, 2.05) is 12.1 Å². The molecule has 0 spiro atoms. The molecule has 0 saturated heterocycles. The summed E-state index contributed by atoms with van der Waals surface area (Å²) in [5.41, 5.74) is 1.55. The first-order valence-corrected chi connectivity index (χ1v) is 11.8. The molecular weight excluding hydrogens is 360 g/mol. The molecule has 0 aliphatic rings. The van der Waals surface area contributed by atoms with E-state index in [4.69, 9.17) is 9.47 Å². The van der Waals surface area contributed by atoms with Gasteiger partial charge in [-0.1, -0.05) is 98.3 Å². The molecule has 0 amide bonds. The first kappa shape index (κ1) is 25.5. The number of rotatable bonds is 15. The minimum absolute atomic E-state index is 0.0874. The summed E-state index contributed by atoms with van der Waals surface area (Å²) in [6.07, 6.45) is 16.1. The Hall–Kier alpha value is -1.51. The van der Waals surface area contributed by atoms with Crippen LogP contribution in [0.5, 0.6) is 5.75 Å². The van der Waals surface area contributed by atoms with Gasteiger partial charge in [0.25, 0.3) is 0 Å². The van der Waals surface area contributed by atoms with Crippen molar-refractivity contribution in [3.05, 3.63) is 29.3 Å².